The Hall–Kier alpha value is -0.340. The van der Waals surface area contributed by atoms with Gasteiger partial charge in [0.05, 0.1) is 6.10 Å². The van der Waals surface area contributed by atoms with Crippen LogP contribution in [0.2, 0.25) is 0 Å². The van der Waals surface area contributed by atoms with Gasteiger partial charge in [-0.1, -0.05) is 12.5 Å². The van der Waals surface area contributed by atoms with Gasteiger partial charge in [0.1, 0.15) is 0 Å². The molecule has 0 aliphatic heterocycles. The molecule has 0 fully saturated rings. The van der Waals surface area contributed by atoms with Crippen molar-refractivity contribution in [1.82, 2.24) is 5.32 Å². The van der Waals surface area contributed by atoms with Crippen LogP contribution < -0.4 is 5.32 Å². The Kier molecular flexibility index (Phi) is 6.03. The Bertz CT molecular complexity index is 134. The van der Waals surface area contributed by atoms with E-state index >= 15 is 0 Å². The van der Waals surface area contributed by atoms with E-state index in [1.165, 1.54) is 5.57 Å². The third-order valence-corrected chi connectivity index (χ3v) is 1.97. The van der Waals surface area contributed by atoms with E-state index in [-0.39, 0.29) is 6.10 Å². The van der Waals surface area contributed by atoms with Crippen LogP contribution in [0.4, 0.5) is 0 Å². The van der Waals surface area contributed by atoms with Crippen molar-refractivity contribution in [1.29, 1.82) is 0 Å². The molecule has 0 spiro atoms. The van der Waals surface area contributed by atoms with Gasteiger partial charge in [0, 0.05) is 13.2 Å². The van der Waals surface area contributed by atoms with Gasteiger partial charge in [-0.3, -0.25) is 0 Å². The summed E-state index contributed by atoms with van der Waals surface area (Å²) in [5.41, 5.74) is 1.20. The molecule has 0 radical (unpaired) electrons. The van der Waals surface area contributed by atoms with Gasteiger partial charge in [-0.05, 0) is 26.8 Å². The Labute approximate surface area is 76.0 Å². The topological polar surface area (TPSA) is 21.3 Å². The van der Waals surface area contributed by atoms with Crippen LogP contribution in [0.15, 0.2) is 12.2 Å². The van der Waals surface area contributed by atoms with Crippen molar-refractivity contribution in [2.45, 2.75) is 39.3 Å². The lowest BCUT2D eigenvalue weighted by atomic mass is 10.0. The van der Waals surface area contributed by atoms with Gasteiger partial charge in [0.2, 0.25) is 0 Å². The minimum absolute atomic E-state index is 0.252. The molecule has 1 N–H and O–H groups in total. The lowest BCUT2D eigenvalue weighted by molar-refractivity contribution is 0.0836. The van der Waals surface area contributed by atoms with Crippen LogP contribution >= 0.6 is 0 Å². The average molecular weight is 171 g/mol. The van der Waals surface area contributed by atoms with Crippen LogP contribution in [0.3, 0.4) is 0 Å². The molecule has 0 saturated carbocycles. The Morgan fingerprint density at radius 1 is 1.58 bits per heavy atom. The van der Waals surface area contributed by atoms with Crippen molar-refractivity contribution in [3.63, 3.8) is 0 Å². The third-order valence-electron chi connectivity index (χ3n) is 1.97. The molecule has 0 aromatic carbocycles. The van der Waals surface area contributed by atoms with Crippen LogP contribution in [0.1, 0.15) is 27.2 Å². The van der Waals surface area contributed by atoms with Gasteiger partial charge < -0.3 is 10.1 Å². The van der Waals surface area contributed by atoms with Gasteiger partial charge in [-0.15, -0.1) is 6.58 Å². The van der Waals surface area contributed by atoms with E-state index in [0.717, 1.165) is 13.0 Å². The first kappa shape index (κ1) is 11.7. The number of likely N-dealkylation sites (N-methyl/N-ethyl adjacent to an activating group) is 1. The first-order chi connectivity index (χ1) is 5.61. The van der Waals surface area contributed by atoms with Crippen molar-refractivity contribution in [2.24, 2.45) is 0 Å². The standard InChI is InChI=1S/C10H21NO/c1-6-11-10(7-8(2)3)9(4)12-5/h9-11H,2,6-7H2,1,3-5H3. The van der Waals surface area contributed by atoms with Gasteiger partial charge >= 0.3 is 0 Å². The molecular formula is C10H21NO. The maximum absolute atomic E-state index is 5.26. The molecule has 2 unspecified atom stereocenters. The lowest BCUT2D eigenvalue weighted by Crippen LogP contribution is -2.39. The summed E-state index contributed by atoms with van der Waals surface area (Å²) in [6, 6.07) is 0.400. The first-order valence-corrected chi connectivity index (χ1v) is 4.52. The van der Waals surface area contributed by atoms with Crippen LogP contribution in [0, 0.1) is 0 Å². The highest BCUT2D eigenvalue weighted by atomic mass is 16.5. The molecule has 72 valence electrons. The number of methoxy groups -OCH3 is 1. The zero-order valence-corrected chi connectivity index (χ0v) is 8.68. The van der Waals surface area contributed by atoms with E-state index in [1.54, 1.807) is 7.11 Å². The van der Waals surface area contributed by atoms with Crippen molar-refractivity contribution in [2.75, 3.05) is 13.7 Å². The van der Waals surface area contributed by atoms with Crippen molar-refractivity contribution in [3.05, 3.63) is 12.2 Å². The second-order valence-corrected chi connectivity index (χ2v) is 3.27. The molecule has 0 aromatic heterocycles. The van der Waals surface area contributed by atoms with E-state index in [1.807, 2.05) is 6.92 Å². The molecule has 0 bridgehead atoms. The molecule has 0 aliphatic carbocycles. The minimum atomic E-state index is 0.252. The summed E-state index contributed by atoms with van der Waals surface area (Å²) >= 11 is 0. The second-order valence-electron chi connectivity index (χ2n) is 3.27. The monoisotopic (exact) mass is 171 g/mol. The normalized spacial score (nSPS) is 15.7. The number of hydrogen-bond acceptors (Lipinski definition) is 2. The summed E-state index contributed by atoms with van der Waals surface area (Å²) in [7, 11) is 1.74. The Balaban J connectivity index is 3.93. The Morgan fingerprint density at radius 2 is 2.17 bits per heavy atom. The SMILES string of the molecule is C=C(C)CC(NCC)C(C)OC. The molecule has 0 amide bonds. The number of hydrogen-bond donors (Lipinski definition) is 1. The van der Waals surface area contributed by atoms with Crippen molar-refractivity contribution in [3.8, 4) is 0 Å². The van der Waals surface area contributed by atoms with E-state index in [4.69, 9.17) is 4.74 Å². The largest absolute Gasteiger partial charge is 0.380 e. The van der Waals surface area contributed by atoms with E-state index in [2.05, 4.69) is 25.7 Å². The Morgan fingerprint density at radius 3 is 2.50 bits per heavy atom. The maximum Gasteiger partial charge on any atom is 0.0699 e. The van der Waals surface area contributed by atoms with Crippen LogP contribution in [0.5, 0.6) is 0 Å². The second kappa shape index (κ2) is 6.21. The molecule has 2 heteroatoms. The molecule has 0 rings (SSSR count). The van der Waals surface area contributed by atoms with Crippen LogP contribution in [-0.2, 0) is 4.74 Å². The fourth-order valence-electron chi connectivity index (χ4n) is 1.21. The van der Waals surface area contributed by atoms with E-state index in [0.29, 0.717) is 6.04 Å². The number of rotatable bonds is 6. The lowest BCUT2D eigenvalue weighted by Gasteiger charge is -2.23. The predicted molar refractivity (Wildman–Crippen MR) is 53.4 cm³/mol. The van der Waals surface area contributed by atoms with Crippen LogP contribution in [0.25, 0.3) is 0 Å². The average Bonchev–Trinajstić information content (AvgIpc) is 2.01. The maximum atomic E-state index is 5.26. The predicted octanol–water partition coefficient (Wildman–Crippen LogP) is 1.97. The highest BCUT2D eigenvalue weighted by Crippen LogP contribution is 2.07. The highest BCUT2D eigenvalue weighted by Gasteiger charge is 2.14. The zero-order chi connectivity index (χ0) is 9.56. The molecule has 0 heterocycles. The van der Waals surface area contributed by atoms with Gasteiger partial charge in [0.25, 0.3) is 0 Å². The van der Waals surface area contributed by atoms with Gasteiger partial charge in [-0.25, -0.2) is 0 Å². The summed E-state index contributed by atoms with van der Waals surface area (Å²) in [6.07, 6.45) is 1.24. The number of nitrogens with one attached hydrogen (secondary N) is 1. The highest BCUT2D eigenvalue weighted by molar-refractivity contribution is 4.94. The summed E-state index contributed by atoms with van der Waals surface area (Å²) in [5.74, 6) is 0. The summed E-state index contributed by atoms with van der Waals surface area (Å²) in [6.45, 7) is 11.1. The molecular weight excluding hydrogens is 150 g/mol. The molecule has 0 aliphatic rings. The smallest absolute Gasteiger partial charge is 0.0699 e. The summed E-state index contributed by atoms with van der Waals surface area (Å²) in [5, 5.41) is 3.38. The summed E-state index contributed by atoms with van der Waals surface area (Å²) < 4.78 is 5.26. The van der Waals surface area contributed by atoms with Crippen LogP contribution in [-0.4, -0.2) is 25.8 Å². The third kappa shape index (κ3) is 4.52. The molecule has 0 aromatic rings. The molecule has 0 saturated heterocycles. The first-order valence-electron chi connectivity index (χ1n) is 4.52. The number of ether oxygens (including phenoxy) is 1. The molecule has 2 atom stereocenters. The minimum Gasteiger partial charge on any atom is -0.380 e. The van der Waals surface area contributed by atoms with E-state index < -0.39 is 0 Å². The van der Waals surface area contributed by atoms with Crippen molar-refractivity contribution >= 4 is 0 Å². The molecule has 12 heavy (non-hydrogen) atoms. The fraction of sp³-hybridized carbons (Fsp3) is 0.800. The van der Waals surface area contributed by atoms with Gasteiger partial charge in [0.15, 0.2) is 0 Å². The fourth-order valence-corrected chi connectivity index (χ4v) is 1.21. The molecule has 2 nitrogen and oxygen atoms in total. The quantitative estimate of drug-likeness (QED) is 0.617. The van der Waals surface area contributed by atoms with Crippen molar-refractivity contribution < 1.29 is 4.74 Å². The zero-order valence-electron chi connectivity index (χ0n) is 8.68. The summed E-state index contributed by atoms with van der Waals surface area (Å²) in [4.78, 5) is 0. The van der Waals surface area contributed by atoms with E-state index in [9.17, 15) is 0 Å². The van der Waals surface area contributed by atoms with Gasteiger partial charge in [-0.2, -0.15) is 0 Å².